The summed E-state index contributed by atoms with van der Waals surface area (Å²) in [5, 5.41) is 0. The van der Waals surface area contributed by atoms with Crippen LogP contribution >= 0.6 is 0 Å². The summed E-state index contributed by atoms with van der Waals surface area (Å²) < 4.78 is 36.5. The Kier molecular flexibility index (Phi) is 14.2. The molecule has 1 aliphatic rings. The van der Waals surface area contributed by atoms with E-state index < -0.39 is 42.7 Å². The zero-order chi connectivity index (χ0) is 30.4. The Bertz CT molecular complexity index is 1010. The predicted molar refractivity (Wildman–Crippen MR) is 147 cm³/mol. The Morgan fingerprint density at radius 2 is 1.39 bits per heavy atom. The lowest BCUT2D eigenvalue weighted by Crippen LogP contribution is -2.37. The number of hydrogen-bond donors (Lipinski definition) is 1. The Hall–Kier alpha value is -3.54. The van der Waals surface area contributed by atoms with Crippen molar-refractivity contribution in [2.45, 2.75) is 116 Å². The molecule has 0 heterocycles. The van der Waals surface area contributed by atoms with Crippen LogP contribution in [0.2, 0.25) is 0 Å². The first-order valence-electron chi connectivity index (χ1n) is 14.2. The predicted octanol–water partition coefficient (Wildman–Crippen LogP) is 5.60. The minimum atomic E-state index is -1.09. The third-order valence-electron chi connectivity index (χ3n) is 6.47. The van der Waals surface area contributed by atoms with Crippen molar-refractivity contribution in [3.05, 3.63) is 23.8 Å². The molecule has 1 fully saturated rings. The third kappa shape index (κ3) is 12.7. The molecule has 0 aromatic heterocycles. The molecular weight excluding hydrogens is 538 g/mol. The van der Waals surface area contributed by atoms with E-state index in [1.165, 1.54) is 12.1 Å². The van der Waals surface area contributed by atoms with Crippen LogP contribution in [-0.4, -0.2) is 61.5 Å². The van der Waals surface area contributed by atoms with Gasteiger partial charge in [0.05, 0.1) is 0 Å². The van der Waals surface area contributed by atoms with Gasteiger partial charge in [-0.25, -0.2) is 14.4 Å². The highest BCUT2D eigenvalue weighted by Crippen LogP contribution is 2.30. The van der Waals surface area contributed by atoms with Crippen molar-refractivity contribution in [1.82, 2.24) is 0 Å². The van der Waals surface area contributed by atoms with E-state index in [9.17, 15) is 19.2 Å². The van der Waals surface area contributed by atoms with Gasteiger partial charge in [-0.15, -0.1) is 0 Å². The van der Waals surface area contributed by atoms with Gasteiger partial charge in [-0.1, -0.05) is 26.3 Å². The summed E-state index contributed by atoms with van der Waals surface area (Å²) in [6.07, 6.45) is 1.53. The fourth-order valence-electron chi connectivity index (χ4n) is 3.76. The van der Waals surface area contributed by atoms with Crippen LogP contribution in [0.5, 0.6) is 11.5 Å². The van der Waals surface area contributed by atoms with Crippen LogP contribution in [-0.2, 0) is 34.9 Å². The fourth-order valence-corrected chi connectivity index (χ4v) is 3.76. The van der Waals surface area contributed by atoms with Crippen LogP contribution in [0.3, 0.4) is 0 Å². The van der Waals surface area contributed by atoms with E-state index in [4.69, 9.17) is 38.9 Å². The molecule has 1 aliphatic carbocycles. The number of ether oxygens (including phenoxy) is 7. The van der Waals surface area contributed by atoms with Gasteiger partial charge in [0, 0.05) is 0 Å². The van der Waals surface area contributed by atoms with Gasteiger partial charge < -0.3 is 38.9 Å². The van der Waals surface area contributed by atoms with Crippen molar-refractivity contribution in [3.63, 3.8) is 0 Å². The van der Waals surface area contributed by atoms with Gasteiger partial charge >= 0.3 is 24.4 Å². The number of rotatable bonds is 13. The maximum Gasteiger partial charge on any atom is 0.514 e. The highest BCUT2D eigenvalue weighted by atomic mass is 16.8. The number of benzene rings is 1. The number of carbonyl (C=O) groups excluding carboxylic acids is 4. The average molecular weight is 582 g/mol. The molecule has 230 valence electrons. The summed E-state index contributed by atoms with van der Waals surface area (Å²) in [4.78, 5) is 48.9. The second-order valence-electron chi connectivity index (χ2n) is 10.2. The Labute approximate surface area is 241 Å². The van der Waals surface area contributed by atoms with Gasteiger partial charge in [-0.05, 0) is 83.4 Å². The summed E-state index contributed by atoms with van der Waals surface area (Å²) in [5.74, 6) is -0.918. The van der Waals surface area contributed by atoms with E-state index in [0.717, 1.165) is 32.1 Å². The smallest absolute Gasteiger partial charge is 0.458 e. The molecule has 2 N–H and O–H groups in total. The van der Waals surface area contributed by atoms with E-state index in [2.05, 4.69) is 0 Å². The zero-order valence-electron chi connectivity index (χ0n) is 24.6. The first kappa shape index (κ1) is 33.7. The second kappa shape index (κ2) is 17.3. The van der Waals surface area contributed by atoms with Gasteiger partial charge in [-0.2, -0.15) is 0 Å². The largest absolute Gasteiger partial charge is 0.514 e. The molecule has 0 bridgehead atoms. The van der Waals surface area contributed by atoms with Crippen molar-refractivity contribution in [2.75, 3.05) is 6.61 Å². The van der Waals surface area contributed by atoms with Crippen molar-refractivity contribution >= 4 is 24.4 Å². The van der Waals surface area contributed by atoms with Crippen LogP contribution in [0.4, 0.5) is 14.4 Å². The number of nitrogens with two attached hydrogens (primary N) is 1. The maximum atomic E-state index is 12.6. The Balaban J connectivity index is 1.97. The van der Waals surface area contributed by atoms with E-state index in [-0.39, 0.29) is 36.7 Å². The van der Waals surface area contributed by atoms with E-state index >= 15 is 0 Å². The van der Waals surface area contributed by atoms with Gasteiger partial charge in [0.1, 0.15) is 37.1 Å². The van der Waals surface area contributed by atoms with Gasteiger partial charge in [0.25, 0.3) is 0 Å². The molecular formula is C29H43NO11. The fraction of sp³-hybridized carbons (Fsp3) is 0.655. The molecule has 1 aromatic rings. The lowest BCUT2D eigenvalue weighted by molar-refractivity contribution is -0.152. The van der Waals surface area contributed by atoms with Crippen LogP contribution < -0.4 is 15.2 Å². The minimum Gasteiger partial charge on any atom is -0.458 e. The monoisotopic (exact) mass is 581 g/mol. The molecule has 12 heteroatoms. The second-order valence-corrected chi connectivity index (χ2v) is 10.2. The zero-order valence-corrected chi connectivity index (χ0v) is 24.6. The molecule has 12 nitrogen and oxygen atoms in total. The van der Waals surface area contributed by atoms with Crippen LogP contribution in [0.15, 0.2) is 18.2 Å². The SMILES string of the molecule is CCC(C)OC(=O)Oc1cc(C[C@H](N)C(=O)OC(C)COC(=O)OC2CCCCC2)ccc1OC(=O)O[C@@H](C)CC. The Morgan fingerprint density at radius 3 is 1.98 bits per heavy atom. The lowest BCUT2D eigenvalue weighted by atomic mass is 9.98. The Morgan fingerprint density at radius 1 is 0.805 bits per heavy atom. The summed E-state index contributed by atoms with van der Waals surface area (Å²) in [6, 6.07) is 3.27. The van der Waals surface area contributed by atoms with Crippen LogP contribution in [0.25, 0.3) is 0 Å². The molecule has 0 aliphatic heterocycles. The summed E-state index contributed by atoms with van der Waals surface area (Å²) >= 11 is 0. The highest BCUT2D eigenvalue weighted by molar-refractivity contribution is 5.76. The molecule has 0 spiro atoms. The van der Waals surface area contributed by atoms with Crippen molar-refractivity contribution < 1.29 is 52.3 Å². The quantitative estimate of drug-likeness (QED) is 0.175. The van der Waals surface area contributed by atoms with Gasteiger partial charge in [0.2, 0.25) is 0 Å². The molecule has 2 rings (SSSR count). The van der Waals surface area contributed by atoms with E-state index in [1.54, 1.807) is 26.8 Å². The van der Waals surface area contributed by atoms with E-state index in [0.29, 0.717) is 18.4 Å². The van der Waals surface area contributed by atoms with Gasteiger partial charge in [0.15, 0.2) is 11.5 Å². The van der Waals surface area contributed by atoms with Crippen LogP contribution in [0, 0.1) is 0 Å². The topological polar surface area (TPSA) is 159 Å². The van der Waals surface area contributed by atoms with Crippen molar-refractivity contribution in [1.29, 1.82) is 0 Å². The average Bonchev–Trinajstić information content (AvgIpc) is 2.93. The van der Waals surface area contributed by atoms with Crippen molar-refractivity contribution in [2.24, 2.45) is 5.73 Å². The van der Waals surface area contributed by atoms with Gasteiger partial charge in [-0.3, -0.25) is 4.79 Å². The van der Waals surface area contributed by atoms with E-state index in [1.807, 2.05) is 13.8 Å². The summed E-state index contributed by atoms with van der Waals surface area (Å²) in [6.45, 7) is 8.49. The first-order valence-corrected chi connectivity index (χ1v) is 14.2. The number of hydrogen-bond acceptors (Lipinski definition) is 12. The molecule has 1 aromatic carbocycles. The molecule has 4 atom stereocenters. The van der Waals surface area contributed by atoms with Crippen molar-refractivity contribution in [3.8, 4) is 11.5 Å². The lowest BCUT2D eigenvalue weighted by Gasteiger charge is -2.22. The standard InChI is InChI=1S/C29H43NO11/c1-6-18(3)37-28(33)40-24-14-13-21(16-25(24)41-29(34)38-19(4)7-2)15-23(30)26(31)36-20(5)17-35-27(32)39-22-11-9-8-10-12-22/h13-14,16,18-20,22-23H,6-12,15,17,30H2,1-5H3/t18-,19?,20?,23-/m0/s1. The molecule has 0 saturated heterocycles. The third-order valence-corrected chi connectivity index (χ3v) is 6.47. The normalized spacial score (nSPS) is 16.3. The van der Waals surface area contributed by atoms with Crippen LogP contribution in [0.1, 0.15) is 85.1 Å². The summed E-state index contributed by atoms with van der Waals surface area (Å²) in [7, 11) is 0. The molecule has 41 heavy (non-hydrogen) atoms. The molecule has 1 saturated carbocycles. The number of esters is 1. The first-order chi connectivity index (χ1) is 19.5. The molecule has 2 unspecified atom stereocenters. The highest BCUT2D eigenvalue weighted by Gasteiger charge is 2.24. The number of carbonyl (C=O) groups is 4. The summed E-state index contributed by atoms with van der Waals surface area (Å²) in [5.41, 5.74) is 6.55. The maximum absolute atomic E-state index is 12.6. The minimum absolute atomic E-state index is 0.00446. The molecule has 0 radical (unpaired) electrons. The molecule has 0 amide bonds.